The number of benzene rings is 2. The predicted molar refractivity (Wildman–Crippen MR) is 108 cm³/mol. The quantitative estimate of drug-likeness (QED) is 0.358. The standard InChI is InChI=1S/C20H16N4O6/c1-13-10-15(23(26)27)6-8-17(13)19-9-7-16(30-19)12-21-22-20(25)11-14-4-2-3-5-18(14)24(28)29/h2-10,12H,11H2,1H3,(H,22,25). The van der Waals surface area contributed by atoms with Gasteiger partial charge in [-0.15, -0.1) is 0 Å². The summed E-state index contributed by atoms with van der Waals surface area (Å²) in [4.78, 5) is 32.8. The molecule has 0 fully saturated rings. The van der Waals surface area contributed by atoms with Crippen LogP contribution in [0, 0.1) is 27.2 Å². The topological polar surface area (TPSA) is 141 Å². The first-order valence-electron chi connectivity index (χ1n) is 8.74. The van der Waals surface area contributed by atoms with Crippen LogP contribution in [0.25, 0.3) is 11.3 Å². The molecule has 0 radical (unpaired) electrons. The first kappa shape index (κ1) is 20.4. The van der Waals surface area contributed by atoms with Crippen molar-refractivity contribution in [3.05, 3.63) is 91.7 Å². The zero-order chi connectivity index (χ0) is 21.7. The molecule has 0 unspecified atom stereocenters. The van der Waals surface area contributed by atoms with Gasteiger partial charge >= 0.3 is 0 Å². The van der Waals surface area contributed by atoms with Gasteiger partial charge in [-0.3, -0.25) is 25.0 Å². The number of carbonyl (C=O) groups excluding carboxylic acids is 1. The largest absolute Gasteiger partial charge is 0.455 e. The van der Waals surface area contributed by atoms with Gasteiger partial charge in [-0.05, 0) is 30.7 Å². The lowest BCUT2D eigenvalue weighted by Gasteiger charge is -2.02. The highest BCUT2D eigenvalue weighted by Crippen LogP contribution is 2.28. The number of amides is 1. The van der Waals surface area contributed by atoms with Crippen LogP contribution < -0.4 is 5.43 Å². The SMILES string of the molecule is Cc1cc([N+](=O)[O-])ccc1-c1ccc(C=NNC(=O)Cc2ccccc2[N+](=O)[O-])o1. The minimum Gasteiger partial charge on any atom is -0.455 e. The molecule has 30 heavy (non-hydrogen) atoms. The molecular weight excluding hydrogens is 392 g/mol. The highest BCUT2D eigenvalue weighted by atomic mass is 16.6. The van der Waals surface area contributed by atoms with Gasteiger partial charge in [0.05, 0.1) is 22.5 Å². The summed E-state index contributed by atoms with van der Waals surface area (Å²) < 4.78 is 5.64. The molecule has 0 aliphatic carbocycles. The Morgan fingerprint density at radius 2 is 1.87 bits per heavy atom. The second kappa shape index (κ2) is 8.78. The maximum Gasteiger partial charge on any atom is 0.273 e. The fourth-order valence-corrected chi connectivity index (χ4v) is 2.82. The molecule has 0 atom stereocenters. The van der Waals surface area contributed by atoms with Gasteiger partial charge in [0, 0.05) is 29.3 Å². The van der Waals surface area contributed by atoms with Gasteiger partial charge in [0.15, 0.2) is 0 Å². The molecule has 0 bridgehead atoms. The third-order valence-electron chi connectivity index (χ3n) is 4.23. The van der Waals surface area contributed by atoms with E-state index in [0.29, 0.717) is 22.6 Å². The average molecular weight is 408 g/mol. The molecule has 10 nitrogen and oxygen atoms in total. The highest BCUT2D eigenvalue weighted by Gasteiger charge is 2.15. The van der Waals surface area contributed by atoms with Crippen LogP contribution in [0.1, 0.15) is 16.9 Å². The summed E-state index contributed by atoms with van der Waals surface area (Å²) in [6.07, 6.45) is 1.10. The van der Waals surface area contributed by atoms with Crippen molar-refractivity contribution in [1.82, 2.24) is 5.43 Å². The smallest absolute Gasteiger partial charge is 0.273 e. The van der Waals surface area contributed by atoms with Crippen LogP contribution in [0.5, 0.6) is 0 Å². The van der Waals surface area contributed by atoms with Crippen molar-refractivity contribution in [2.24, 2.45) is 5.10 Å². The Hall–Kier alpha value is -4.34. The number of nitro groups is 2. The third-order valence-corrected chi connectivity index (χ3v) is 4.23. The molecule has 2 aromatic carbocycles. The molecule has 10 heteroatoms. The number of hydrogen-bond donors (Lipinski definition) is 1. The van der Waals surface area contributed by atoms with E-state index in [1.807, 2.05) is 0 Å². The van der Waals surface area contributed by atoms with E-state index in [-0.39, 0.29) is 23.4 Å². The van der Waals surface area contributed by atoms with E-state index in [0.717, 1.165) is 0 Å². The molecule has 1 heterocycles. The summed E-state index contributed by atoms with van der Waals surface area (Å²) in [7, 11) is 0. The number of nitrogens with zero attached hydrogens (tertiary/aromatic N) is 3. The second-order valence-corrected chi connectivity index (χ2v) is 6.31. The van der Waals surface area contributed by atoms with Gasteiger partial charge in [-0.1, -0.05) is 18.2 Å². The van der Waals surface area contributed by atoms with Crippen LogP contribution in [-0.4, -0.2) is 22.0 Å². The number of hydrazone groups is 1. The van der Waals surface area contributed by atoms with Crippen molar-refractivity contribution >= 4 is 23.5 Å². The van der Waals surface area contributed by atoms with Crippen molar-refractivity contribution in [3.8, 4) is 11.3 Å². The molecule has 0 aliphatic rings. The van der Waals surface area contributed by atoms with Crippen molar-refractivity contribution in [3.63, 3.8) is 0 Å². The summed E-state index contributed by atoms with van der Waals surface area (Å²) in [6, 6.07) is 13.7. The lowest BCUT2D eigenvalue weighted by Crippen LogP contribution is -2.20. The van der Waals surface area contributed by atoms with E-state index >= 15 is 0 Å². The summed E-state index contributed by atoms with van der Waals surface area (Å²) in [6.45, 7) is 1.74. The highest BCUT2D eigenvalue weighted by molar-refractivity contribution is 5.83. The Labute approximate surface area is 170 Å². The average Bonchev–Trinajstić information content (AvgIpc) is 3.16. The molecule has 152 valence electrons. The predicted octanol–water partition coefficient (Wildman–Crippen LogP) is 3.76. The molecule has 3 aromatic rings. The molecule has 0 saturated heterocycles. The van der Waals surface area contributed by atoms with Crippen LogP contribution >= 0.6 is 0 Å². The van der Waals surface area contributed by atoms with Gasteiger partial charge in [0.1, 0.15) is 11.5 Å². The second-order valence-electron chi connectivity index (χ2n) is 6.31. The zero-order valence-corrected chi connectivity index (χ0v) is 15.8. The van der Waals surface area contributed by atoms with Gasteiger partial charge in [-0.2, -0.15) is 5.10 Å². The minimum atomic E-state index is -0.545. The summed E-state index contributed by atoms with van der Waals surface area (Å²) in [5, 5.41) is 25.6. The Balaban J connectivity index is 1.64. The first-order valence-corrected chi connectivity index (χ1v) is 8.74. The molecule has 0 aliphatic heterocycles. The number of nitrogens with one attached hydrogen (secondary N) is 1. The number of non-ortho nitro benzene ring substituents is 1. The number of furan rings is 1. The Morgan fingerprint density at radius 1 is 1.10 bits per heavy atom. The Bertz CT molecular complexity index is 1150. The van der Waals surface area contributed by atoms with Gasteiger partial charge < -0.3 is 4.42 Å². The van der Waals surface area contributed by atoms with Crippen molar-refractivity contribution in [1.29, 1.82) is 0 Å². The third kappa shape index (κ3) is 4.73. The number of hydrogen-bond acceptors (Lipinski definition) is 7. The molecule has 0 spiro atoms. The number of rotatable bonds is 7. The zero-order valence-electron chi connectivity index (χ0n) is 15.8. The molecule has 1 N–H and O–H groups in total. The van der Waals surface area contributed by atoms with Crippen LogP contribution in [0.2, 0.25) is 0 Å². The number of carbonyl (C=O) groups is 1. The van der Waals surface area contributed by atoms with Crippen LogP contribution in [0.15, 0.2) is 64.1 Å². The fraction of sp³-hybridized carbons (Fsp3) is 0.100. The lowest BCUT2D eigenvalue weighted by atomic mass is 10.1. The number of nitro benzene ring substituents is 2. The van der Waals surface area contributed by atoms with Crippen LogP contribution in [0.3, 0.4) is 0 Å². The summed E-state index contributed by atoms with van der Waals surface area (Å²) in [5.74, 6) is 0.336. The lowest BCUT2D eigenvalue weighted by molar-refractivity contribution is -0.385. The molecular formula is C20H16N4O6. The van der Waals surface area contributed by atoms with Gasteiger partial charge in [0.2, 0.25) is 5.91 Å². The number of aryl methyl sites for hydroxylation is 1. The minimum absolute atomic E-state index is 0.00837. The first-order chi connectivity index (χ1) is 14.3. The maximum absolute atomic E-state index is 12.0. The fourth-order valence-electron chi connectivity index (χ4n) is 2.82. The van der Waals surface area contributed by atoms with Gasteiger partial charge in [0.25, 0.3) is 11.4 Å². The molecule has 3 rings (SSSR count). The normalized spacial score (nSPS) is 10.8. The monoisotopic (exact) mass is 408 g/mol. The van der Waals surface area contributed by atoms with E-state index in [4.69, 9.17) is 4.42 Å². The van der Waals surface area contributed by atoms with Gasteiger partial charge in [-0.25, -0.2) is 5.43 Å². The van der Waals surface area contributed by atoms with E-state index in [9.17, 15) is 25.0 Å². The van der Waals surface area contributed by atoms with E-state index < -0.39 is 15.8 Å². The molecule has 0 saturated carbocycles. The van der Waals surface area contributed by atoms with E-state index in [2.05, 4.69) is 10.5 Å². The van der Waals surface area contributed by atoms with Crippen molar-refractivity contribution in [2.45, 2.75) is 13.3 Å². The summed E-state index contributed by atoms with van der Waals surface area (Å²) in [5.41, 5.74) is 3.81. The molecule has 1 aromatic heterocycles. The molecule has 1 amide bonds. The number of para-hydroxylation sites is 1. The van der Waals surface area contributed by atoms with E-state index in [1.54, 1.807) is 31.2 Å². The van der Waals surface area contributed by atoms with Crippen LogP contribution in [0.4, 0.5) is 11.4 Å². The van der Waals surface area contributed by atoms with Crippen LogP contribution in [-0.2, 0) is 11.2 Å². The summed E-state index contributed by atoms with van der Waals surface area (Å²) >= 11 is 0. The van der Waals surface area contributed by atoms with Crippen molar-refractivity contribution in [2.75, 3.05) is 0 Å². The Morgan fingerprint density at radius 3 is 2.57 bits per heavy atom. The maximum atomic E-state index is 12.0. The van der Waals surface area contributed by atoms with E-state index in [1.165, 1.54) is 36.5 Å². The van der Waals surface area contributed by atoms with Crippen molar-refractivity contribution < 1.29 is 19.1 Å². The Kier molecular flexibility index (Phi) is 5.97.